The normalized spacial score (nSPS) is 11.1. The van der Waals surface area contributed by atoms with E-state index in [0.29, 0.717) is 11.3 Å². The molecule has 0 aliphatic carbocycles. The number of hydrogen-bond donors (Lipinski definition) is 0. The molecule has 0 amide bonds. The zero-order valence-electron chi connectivity index (χ0n) is 15.5. The Morgan fingerprint density at radius 1 is 1.03 bits per heavy atom. The van der Waals surface area contributed by atoms with Gasteiger partial charge in [-0.15, -0.1) is 0 Å². The molecule has 5 aromatic rings. The highest BCUT2D eigenvalue weighted by Crippen LogP contribution is 2.31. The molecule has 0 atom stereocenters. The molecule has 5 rings (SSSR count). The molecule has 6 heteroatoms. The maximum absolute atomic E-state index is 9.68. The van der Waals surface area contributed by atoms with Crippen molar-refractivity contribution in [3.63, 3.8) is 0 Å². The van der Waals surface area contributed by atoms with Crippen molar-refractivity contribution in [1.82, 2.24) is 19.7 Å². The van der Waals surface area contributed by atoms with E-state index >= 15 is 0 Å². The van der Waals surface area contributed by atoms with Gasteiger partial charge in [0.05, 0.1) is 33.5 Å². The van der Waals surface area contributed by atoms with Crippen molar-refractivity contribution < 1.29 is 0 Å². The predicted octanol–water partition coefficient (Wildman–Crippen LogP) is 5.58. The van der Waals surface area contributed by atoms with E-state index in [1.165, 1.54) is 0 Å². The number of nitrogens with zero attached hydrogens (tertiary/aromatic N) is 5. The van der Waals surface area contributed by atoms with Crippen LogP contribution in [-0.2, 0) is 0 Å². The third-order valence-electron chi connectivity index (χ3n) is 4.89. The first-order valence-electron chi connectivity index (χ1n) is 9.06. The molecule has 0 fully saturated rings. The monoisotopic (exact) mass is 439 g/mol. The predicted molar refractivity (Wildman–Crippen MR) is 117 cm³/mol. The lowest BCUT2D eigenvalue weighted by Crippen LogP contribution is -1.98. The minimum Gasteiger partial charge on any atom is -0.245 e. The van der Waals surface area contributed by atoms with Crippen molar-refractivity contribution >= 4 is 37.9 Å². The van der Waals surface area contributed by atoms with E-state index in [9.17, 15) is 5.26 Å². The van der Waals surface area contributed by atoms with E-state index < -0.39 is 0 Å². The van der Waals surface area contributed by atoms with E-state index in [4.69, 9.17) is 10.1 Å². The van der Waals surface area contributed by atoms with Gasteiger partial charge >= 0.3 is 0 Å². The van der Waals surface area contributed by atoms with E-state index in [0.717, 1.165) is 43.4 Å². The summed E-state index contributed by atoms with van der Waals surface area (Å²) in [6.45, 7) is 1.96. The molecule has 5 nitrogen and oxygen atoms in total. The van der Waals surface area contributed by atoms with Gasteiger partial charge in [-0.3, -0.25) is 0 Å². The quantitative estimate of drug-likeness (QED) is 0.360. The molecule has 29 heavy (non-hydrogen) atoms. The van der Waals surface area contributed by atoms with Gasteiger partial charge in [-0.25, -0.2) is 14.6 Å². The largest absolute Gasteiger partial charge is 0.245 e. The maximum Gasteiger partial charge on any atom is 0.165 e. The fourth-order valence-electron chi connectivity index (χ4n) is 3.53. The molecule has 0 saturated heterocycles. The third kappa shape index (κ3) is 2.87. The maximum atomic E-state index is 9.68. The number of aromatic nitrogens is 4. The summed E-state index contributed by atoms with van der Waals surface area (Å²) in [4.78, 5) is 9.55. The Hall–Kier alpha value is -3.56. The number of benzene rings is 2. The van der Waals surface area contributed by atoms with Crippen molar-refractivity contribution in [3.05, 3.63) is 82.6 Å². The van der Waals surface area contributed by atoms with Gasteiger partial charge in [0, 0.05) is 21.6 Å². The summed E-state index contributed by atoms with van der Waals surface area (Å²) in [5, 5.41) is 16.1. The van der Waals surface area contributed by atoms with Crippen LogP contribution in [0.2, 0.25) is 0 Å². The number of nitriles is 1. The summed E-state index contributed by atoms with van der Waals surface area (Å²) < 4.78 is 2.82. The Kier molecular flexibility index (Phi) is 4.11. The molecule has 0 saturated carbocycles. The molecule has 0 spiro atoms. The Bertz CT molecular complexity index is 1410. The number of halogens is 1. The topological polar surface area (TPSA) is 67.4 Å². The van der Waals surface area contributed by atoms with Gasteiger partial charge in [0.15, 0.2) is 5.65 Å². The van der Waals surface area contributed by atoms with Crippen LogP contribution in [0, 0.1) is 18.3 Å². The molecule has 3 heterocycles. The molecule has 0 bridgehead atoms. The van der Waals surface area contributed by atoms with Gasteiger partial charge in [-0.1, -0.05) is 46.3 Å². The second-order valence-electron chi connectivity index (χ2n) is 6.73. The van der Waals surface area contributed by atoms with Crippen LogP contribution in [0.1, 0.15) is 11.3 Å². The van der Waals surface area contributed by atoms with Gasteiger partial charge in [0.2, 0.25) is 0 Å². The first-order valence-corrected chi connectivity index (χ1v) is 9.85. The summed E-state index contributed by atoms with van der Waals surface area (Å²) in [6, 6.07) is 21.8. The first-order chi connectivity index (χ1) is 14.2. The lowest BCUT2D eigenvalue weighted by Gasteiger charge is -2.08. The Morgan fingerprint density at radius 3 is 2.52 bits per heavy atom. The number of aryl methyl sites for hydroxylation is 1. The van der Waals surface area contributed by atoms with Crippen molar-refractivity contribution in [2.45, 2.75) is 6.92 Å². The van der Waals surface area contributed by atoms with Crippen LogP contribution < -0.4 is 0 Å². The lowest BCUT2D eigenvalue weighted by molar-refractivity contribution is 0.878. The third-order valence-corrected chi connectivity index (χ3v) is 5.42. The average molecular weight is 440 g/mol. The first kappa shape index (κ1) is 17.5. The molecule has 0 aliphatic heterocycles. The average Bonchev–Trinajstić information content (AvgIpc) is 3.11. The summed E-state index contributed by atoms with van der Waals surface area (Å²) in [7, 11) is 0. The summed E-state index contributed by atoms with van der Waals surface area (Å²) in [5.41, 5.74) is 5.41. The summed E-state index contributed by atoms with van der Waals surface area (Å²) in [5.74, 6) is 0. The van der Waals surface area contributed by atoms with Gasteiger partial charge < -0.3 is 0 Å². The van der Waals surface area contributed by atoms with Crippen molar-refractivity contribution in [3.8, 4) is 23.0 Å². The van der Waals surface area contributed by atoms with Crippen molar-refractivity contribution in [2.24, 2.45) is 0 Å². The lowest BCUT2D eigenvalue weighted by atomic mass is 10.0. The molecule has 3 aromatic heterocycles. The number of rotatable bonds is 2. The molecular weight excluding hydrogens is 426 g/mol. The van der Waals surface area contributed by atoms with Gasteiger partial charge in [0.1, 0.15) is 6.07 Å². The number of pyridine rings is 2. The van der Waals surface area contributed by atoms with Crippen LogP contribution in [0.3, 0.4) is 0 Å². The highest BCUT2D eigenvalue weighted by Gasteiger charge is 2.17. The van der Waals surface area contributed by atoms with Crippen LogP contribution in [-0.4, -0.2) is 19.7 Å². The molecule has 2 aromatic carbocycles. The molecule has 0 aliphatic rings. The Labute approximate surface area is 175 Å². The van der Waals surface area contributed by atoms with Gasteiger partial charge in [0.25, 0.3) is 0 Å². The molecule has 0 radical (unpaired) electrons. The molecule has 138 valence electrons. The van der Waals surface area contributed by atoms with Crippen molar-refractivity contribution in [2.75, 3.05) is 0 Å². The van der Waals surface area contributed by atoms with Gasteiger partial charge in [-0.05, 0) is 37.3 Å². The van der Waals surface area contributed by atoms with Gasteiger partial charge in [-0.2, -0.15) is 10.4 Å². The molecule has 0 N–H and O–H groups in total. The summed E-state index contributed by atoms with van der Waals surface area (Å²) >= 11 is 3.46. The van der Waals surface area contributed by atoms with E-state index in [1.807, 2.05) is 72.3 Å². The number of hydrogen-bond acceptors (Lipinski definition) is 4. The van der Waals surface area contributed by atoms with E-state index in [1.54, 1.807) is 6.20 Å². The standard InChI is InChI=1S/C23H14BrN5/c1-14-20-22-17(13-26-23(20)29(28-14)19-5-3-2-4-6-19)11-16(12-25)21(27-22)15-7-9-18(24)10-8-15/h2-11,13H,1H3. The van der Waals surface area contributed by atoms with Crippen LogP contribution in [0.5, 0.6) is 0 Å². The fraction of sp³-hybridized carbons (Fsp3) is 0.0435. The van der Waals surface area contributed by atoms with Crippen LogP contribution in [0.4, 0.5) is 0 Å². The SMILES string of the molecule is Cc1nn(-c2ccccc2)c2ncc3cc(C#N)c(-c4ccc(Br)cc4)nc3c12. The minimum atomic E-state index is 0.522. The highest BCUT2D eigenvalue weighted by atomic mass is 79.9. The zero-order chi connectivity index (χ0) is 20.0. The highest BCUT2D eigenvalue weighted by molar-refractivity contribution is 9.10. The minimum absolute atomic E-state index is 0.522. The van der Waals surface area contributed by atoms with Crippen molar-refractivity contribution in [1.29, 1.82) is 5.26 Å². The second kappa shape index (κ2) is 6.80. The van der Waals surface area contributed by atoms with Crippen LogP contribution >= 0.6 is 15.9 Å². The Balaban J connectivity index is 1.83. The summed E-state index contributed by atoms with van der Waals surface area (Å²) in [6.07, 6.45) is 1.76. The van der Waals surface area contributed by atoms with E-state index in [2.05, 4.69) is 27.0 Å². The number of para-hydroxylation sites is 1. The fourth-order valence-corrected chi connectivity index (χ4v) is 3.80. The Morgan fingerprint density at radius 2 is 1.79 bits per heavy atom. The van der Waals surface area contributed by atoms with E-state index in [-0.39, 0.29) is 0 Å². The zero-order valence-corrected chi connectivity index (χ0v) is 17.1. The molecule has 0 unspecified atom stereocenters. The van der Waals surface area contributed by atoms with Crippen LogP contribution in [0.25, 0.3) is 38.9 Å². The smallest absolute Gasteiger partial charge is 0.165 e. The van der Waals surface area contributed by atoms with Crippen LogP contribution in [0.15, 0.2) is 71.3 Å². The molecular formula is C23H14BrN5. The number of fused-ring (bicyclic) bond motifs is 3. The second-order valence-corrected chi connectivity index (χ2v) is 7.65.